The third-order valence-corrected chi connectivity index (χ3v) is 5.16. The van der Waals surface area contributed by atoms with Crippen LogP contribution >= 0.6 is 0 Å². The normalized spacial score (nSPS) is 15.0. The largest absolute Gasteiger partial charge is 0.345 e. The molecule has 0 bridgehead atoms. The number of nitrogens with zero attached hydrogens (tertiary/aromatic N) is 5. The van der Waals surface area contributed by atoms with E-state index in [2.05, 4.69) is 20.4 Å². The molecule has 0 aromatic carbocycles. The Morgan fingerprint density at radius 3 is 2.68 bits per heavy atom. The molecule has 2 aromatic rings. The maximum absolute atomic E-state index is 12.2. The molecule has 3 rings (SSSR count). The average molecular weight is 364 g/mol. The van der Waals surface area contributed by atoms with Crippen LogP contribution in [0.4, 0.5) is 0 Å². The molecule has 1 aliphatic rings. The van der Waals surface area contributed by atoms with Crippen LogP contribution < -0.4 is 5.32 Å². The molecule has 10 heteroatoms. The molecule has 134 valence electrons. The molecule has 0 unspecified atom stereocenters. The number of carbonyl (C=O) groups is 1. The van der Waals surface area contributed by atoms with Gasteiger partial charge in [0.15, 0.2) is 0 Å². The van der Waals surface area contributed by atoms with Crippen molar-refractivity contribution in [1.29, 1.82) is 0 Å². The second kappa shape index (κ2) is 6.52. The maximum Gasteiger partial charge on any atom is 0.270 e. The minimum absolute atomic E-state index is 0.250. The third kappa shape index (κ3) is 4.02. The lowest BCUT2D eigenvalue weighted by molar-refractivity contribution is 0.0944. The van der Waals surface area contributed by atoms with E-state index in [1.165, 1.54) is 10.6 Å². The Morgan fingerprint density at radius 2 is 2.00 bits per heavy atom. The van der Waals surface area contributed by atoms with E-state index in [0.717, 1.165) is 11.4 Å². The fraction of sp³-hybridized carbons (Fsp3) is 0.467. The van der Waals surface area contributed by atoms with Crippen LogP contribution in [0.25, 0.3) is 0 Å². The van der Waals surface area contributed by atoms with Crippen molar-refractivity contribution in [3.8, 4) is 0 Å². The summed E-state index contributed by atoms with van der Waals surface area (Å²) in [7, 11) is -3.22. The number of hydrogen-bond acceptors (Lipinski definition) is 6. The first-order valence-corrected chi connectivity index (χ1v) is 9.68. The minimum Gasteiger partial charge on any atom is -0.345 e. The summed E-state index contributed by atoms with van der Waals surface area (Å²) in [5.74, 6) is 0.251. The second-order valence-corrected chi connectivity index (χ2v) is 8.05. The van der Waals surface area contributed by atoms with Crippen molar-refractivity contribution in [3.05, 3.63) is 40.7 Å². The van der Waals surface area contributed by atoms with Crippen molar-refractivity contribution in [2.24, 2.45) is 0 Å². The Morgan fingerprint density at radius 1 is 1.24 bits per heavy atom. The van der Waals surface area contributed by atoms with Gasteiger partial charge in [-0.25, -0.2) is 18.4 Å². The number of fused-ring (bicyclic) bond motifs is 1. The zero-order chi connectivity index (χ0) is 18.2. The number of nitrogens with one attached hydrogen (secondary N) is 1. The van der Waals surface area contributed by atoms with E-state index in [1.54, 1.807) is 17.7 Å². The van der Waals surface area contributed by atoms with Crippen LogP contribution in [-0.2, 0) is 29.7 Å². The quantitative estimate of drug-likeness (QED) is 0.817. The molecule has 25 heavy (non-hydrogen) atoms. The highest BCUT2D eigenvalue weighted by Gasteiger charge is 2.24. The predicted octanol–water partition coefficient (Wildman–Crippen LogP) is -0.00486. The summed E-state index contributed by atoms with van der Waals surface area (Å²) in [5.41, 5.74) is 2.55. The highest BCUT2D eigenvalue weighted by atomic mass is 32.2. The number of amides is 1. The van der Waals surface area contributed by atoms with Gasteiger partial charge in [0, 0.05) is 12.2 Å². The van der Waals surface area contributed by atoms with Crippen molar-refractivity contribution in [1.82, 2.24) is 29.4 Å². The number of hydrogen-bond donors (Lipinski definition) is 1. The Kier molecular flexibility index (Phi) is 4.56. The molecule has 0 spiro atoms. The first-order valence-electron chi connectivity index (χ1n) is 7.83. The highest BCUT2D eigenvalue weighted by Crippen LogP contribution is 2.16. The van der Waals surface area contributed by atoms with Gasteiger partial charge in [0.25, 0.3) is 5.91 Å². The van der Waals surface area contributed by atoms with Gasteiger partial charge >= 0.3 is 0 Å². The van der Waals surface area contributed by atoms with E-state index < -0.39 is 10.0 Å². The smallest absolute Gasteiger partial charge is 0.270 e. The first kappa shape index (κ1) is 17.5. The topological polar surface area (TPSA) is 110 Å². The fourth-order valence-corrected chi connectivity index (χ4v) is 3.55. The van der Waals surface area contributed by atoms with Crippen molar-refractivity contribution < 1.29 is 13.2 Å². The summed E-state index contributed by atoms with van der Waals surface area (Å²) in [4.78, 5) is 20.5. The molecule has 9 nitrogen and oxygen atoms in total. The summed E-state index contributed by atoms with van der Waals surface area (Å²) in [5, 5.41) is 7.20. The maximum atomic E-state index is 12.2. The highest BCUT2D eigenvalue weighted by molar-refractivity contribution is 7.88. The lowest BCUT2D eigenvalue weighted by atomic mass is 10.3. The van der Waals surface area contributed by atoms with Gasteiger partial charge in [-0.05, 0) is 26.0 Å². The summed E-state index contributed by atoms with van der Waals surface area (Å²) in [6.07, 6.45) is 1.20. The molecule has 0 aliphatic carbocycles. The Bertz CT molecular complexity index is 901. The van der Waals surface area contributed by atoms with Crippen LogP contribution in [0.15, 0.2) is 12.1 Å². The molecule has 0 saturated carbocycles. The standard InChI is InChI=1S/C15H20N6O3S/c1-10-6-14(18-11(2)17-10)15(22)16-8-12-7-13-9-20(25(3,23)24)4-5-21(13)19-12/h6-7H,4-5,8-9H2,1-3H3,(H,16,22). The zero-order valence-corrected chi connectivity index (χ0v) is 15.2. The first-order chi connectivity index (χ1) is 11.7. The number of sulfonamides is 1. The predicted molar refractivity (Wildman–Crippen MR) is 90.2 cm³/mol. The zero-order valence-electron chi connectivity index (χ0n) is 14.4. The van der Waals surface area contributed by atoms with E-state index in [1.807, 2.05) is 13.0 Å². The number of carbonyl (C=O) groups excluding carboxylic acids is 1. The van der Waals surface area contributed by atoms with Crippen LogP contribution in [-0.4, -0.2) is 51.2 Å². The van der Waals surface area contributed by atoms with Gasteiger partial charge in [-0.2, -0.15) is 9.40 Å². The van der Waals surface area contributed by atoms with E-state index in [9.17, 15) is 13.2 Å². The second-order valence-electron chi connectivity index (χ2n) is 6.07. The monoisotopic (exact) mass is 364 g/mol. The molecule has 0 radical (unpaired) electrons. The molecule has 3 heterocycles. The Hall–Kier alpha value is -2.33. The average Bonchev–Trinajstić information content (AvgIpc) is 2.92. The van der Waals surface area contributed by atoms with Crippen LogP contribution in [0.3, 0.4) is 0 Å². The van der Waals surface area contributed by atoms with E-state index >= 15 is 0 Å². The molecule has 1 aliphatic heterocycles. The van der Waals surface area contributed by atoms with E-state index in [-0.39, 0.29) is 12.5 Å². The van der Waals surface area contributed by atoms with Crippen molar-refractivity contribution in [2.45, 2.75) is 33.5 Å². The SMILES string of the molecule is Cc1cc(C(=O)NCc2cc3n(n2)CCN(S(C)(=O)=O)C3)nc(C)n1. The van der Waals surface area contributed by atoms with Crippen molar-refractivity contribution >= 4 is 15.9 Å². The van der Waals surface area contributed by atoms with Gasteiger partial charge in [0.2, 0.25) is 10.0 Å². The Balaban J connectivity index is 1.67. The lowest BCUT2D eigenvalue weighted by Gasteiger charge is -2.25. The summed E-state index contributed by atoms with van der Waals surface area (Å²) in [6, 6.07) is 3.44. The number of aromatic nitrogens is 4. The van der Waals surface area contributed by atoms with Crippen LogP contribution in [0.1, 0.15) is 33.4 Å². The van der Waals surface area contributed by atoms with Gasteiger partial charge in [-0.1, -0.05) is 0 Å². The van der Waals surface area contributed by atoms with Gasteiger partial charge in [-0.3, -0.25) is 9.48 Å². The minimum atomic E-state index is -3.22. The van der Waals surface area contributed by atoms with Crippen molar-refractivity contribution in [3.63, 3.8) is 0 Å². The van der Waals surface area contributed by atoms with Crippen LogP contribution in [0.2, 0.25) is 0 Å². The molecule has 1 N–H and O–H groups in total. The summed E-state index contributed by atoms with van der Waals surface area (Å²) in [6.45, 7) is 4.99. The molecule has 2 aromatic heterocycles. The van der Waals surface area contributed by atoms with Crippen molar-refractivity contribution in [2.75, 3.05) is 12.8 Å². The van der Waals surface area contributed by atoms with Gasteiger partial charge in [0.1, 0.15) is 11.5 Å². The number of rotatable bonds is 4. The summed E-state index contributed by atoms with van der Waals surface area (Å²) >= 11 is 0. The van der Waals surface area contributed by atoms with Gasteiger partial charge in [0.05, 0.1) is 37.3 Å². The van der Waals surface area contributed by atoms with E-state index in [4.69, 9.17) is 0 Å². The number of aryl methyl sites for hydroxylation is 2. The molecule has 0 saturated heterocycles. The molecular weight excluding hydrogens is 344 g/mol. The van der Waals surface area contributed by atoms with Crippen LogP contribution in [0, 0.1) is 13.8 Å². The van der Waals surface area contributed by atoms with Gasteiger partial charge < -0.3 is 5.32 Å². The third-order valence-electron chi connectivity index (χ3n) is 3.91. The lowest BCUT2D eigenvalue weighted by Crippen LogP contribution is -2.37. The van der Waals surface area contributed by atoms with E-state index in [0.29, 0.717) is 36.8 Å². The molecule has 0 atom stereocenters. The fourth-order valence-electron chi connectivity index (χ4n) is 2.77. The molecular formula is C15H20N6O3S. The molecule has 1 amide bonds. The Labute approximate surface area is 146 Å². The molecule has 0 fully saturated rings. The van der Waals surface area contributed by atoms with Gasteiger partial charge in [-0.15, -0.1) is 0 Å². The summed E-state index contributed by atoms with van der Waals surface area (Å²) < 4.78 is 26.5. The van der Waals surface area contributed by atoms with Crippen LogP contribution in [0.5, 0.6) is 0 Å².